The number of nitrogens with zero attached hydrogens (tertiary/aromatic N) is 1. The number of nitrogens with one attached hydrogen (secondary N) is 1. The van der Waals surface area contributed by atoms with Crippen molar-refractivity contribution in [1.82, 2.24) is 10.3 Å². The predicted octanol–water partition coefficient (Wildman–Crippen LogP) is -0.368. The molecule has 3 N–H and O–H groups in total. The third kappa shape index (κ3) is 2.69. The second-order valence-corrected chi connectivity index (χ2v) is 3.91. The highest BCUT2D eigenvalue weighted by Gasteiger charge is 2.21. The first kappa shape index (κ1) is 12.6. The highest BCUT2D eigenvalue weighted by molar-refractivity contribution is 5.94. The summed E-state index contributed by atoms with van der Waals surface area (Å²) >= 11 is 0. The number of amides is 2. The fourth-order valence-corrected chi connectivity index (χ4v) is 1.80. The Morgan fingerprint density at radius 1 is 1.50 bits per heavy atom. The van der Waals surface area contributed by atoms with E-state index in [0.717, 1.165) is 0 Å². The Balaban J connectivity index is 2.10. The van der Waals surface area contributed by atoms with Gasteiger partial charge in [0.1, 0.15) is 5.76 Å². The maximum atomic E-state index is 11.8. The molecule has 0 saturated carbocycles. The predicted molar refractivity (Wildman–Crippen MR) is 61.2 cm³/mol. The number of rotatable bonds is 3. The molecule has 1 fully saturated rings. The second-order valence-electron chi connectivity index (χ2n) is 3.91. The van der Waals surface area contributed by atoms with Gasteiger partial charge >= 0.3 is 0 Å². The molecule has 0 spiro atoms. The summed E-state index contributed by atoms with van der Waals surface area (Å²) in [6.07, 6.45) is 1.75. The Kier molecular flexibility index (Phi) is 3.96. The van der Waals surface area contributed by atoms with Gasteiger partial charge in [-0.3, -0.25) is 15.0 Å². The average molecular weight is 253 g/mol. The zero-order valence-corrected chi connectivity index (χ0v) is 9.85. The molecule has 0 bridgehead atoms. The molecule has 98 valence electrons. The van der Waals surface area contributed by atoms with E-state index < -0.39 is 5.91 Å². The van der Waals surface area contributed by atoms with Gasteiger partial charge in [-0.1, -0.05) is 0 Å². The normalized spacial score (nSPS) is 16.5. The SMILES string of the molecule is NNC(=O)c1ccoc1CN1CCOCCC1=O. The van der Waals surface area contributed by atoms with Crippen LogP contribution in [0.3, 0.4) is 0 Å². The molecule has 1 aliphatic rings. The lowest BCUT2D eigenvalue weighted by Crippen LogP contribution is -2.33. The summed E-state index contributed by atoms with van der Waals surface area (Å²) < 4.78 is 10.4. The monoisotopic (exact) mass is 253 g/mol. The number of nitrogen functional groups attached to an aromatic ring is 1. The molecule has 1 aromatic heterocycles. The Labute approximate surface area is 104 Å². The lowest BCUT2D eigenvalue weighted by Gasteiger charge is -2.18. The Morgan fingerprint density at radius 2 is 2.33 bits per heavy atom. The van der Waals surface area contributed by atoms with Crippen LogP contribution < -0.4 is 11.3 Å². The van der Waals surface area contributed by atoms with Crippen LogP contribution in [0, 0.1) is 0 Å². The number of ether oxygens (including phenoxy) is 1. The van der Waals surface area contributed by atoms with Crippen molar-refractivity contribution in [3.63, 3.8) is 0 Å². The van der Waals surface area contributed by atoms with Gasteiger partial charge in [0, 0.05) is 6.54 Å². The lowest BCUT2D eigenvalue weighted by atomic mass is 10.2. The molecule has 0 radical (unpaired) electrons. The van der Waals surface area contributed by atoms with E-state index >= 15 is 0 Å². The van der Waals surface area contributed by atoms with Crippen LogP contribution in [-0.4, -0.2) is 36.5 Å². The van der Waals surface area contributed by atoms with Gasteiger partial charge in [0.05, 0.1) is 38.0 Å². The minimum atomic E-state index is -0.433. The molecule has 7 heteroatoms. The summed E-state index contributed by atoms with van der Waals surface area (Å²) in [6.45, 7) is 1.66. The third-order valence-electron chi connectivity index (χ3n) is 2.77. The molecule has 0 unspecified atom stereocenters. The molecule has 0 atom stereocenters. The van der Waals surface area contributed by atoms with Gasteiger partial charge in [-0.15, -0.1) is 0 Å². The number of carbonyl (C=O) groups is 2. The van der Waals surface area contributed by atoms with Gasteiger partial charge in [0.15, 0.2) is 0 Å². The first-order valence-electron chi connectivity index (χ1n) is 5.65. The summed E-state index contributed by atoms with van der Waals surface area (Å²) in [4.78, 5) is 24.8. The van der Waals surface area contributed by atoms with Crippen LogP contribution in [0.25, 0.3) is 0 Å². The van der Waals surface area contributed by atoms with Crippen molar-refractivity contribution < 1.29 is 18.7 Å². The fraction of sp³-hybridized carbons (Fsp3) is 0.455. The summed E-state index contributed by atoms with van der Waals surface area (Å²) in [5, 5.41) is 0. The van der Waals surface area contributed by atoms with Crippen LogP contribution in [0.2, 0.25) is 0 Å². The number of hydrogen-bond acceptors (Lipinski definition) is 5. The van der Waals surface area contributed by atoms with E-state index in [1.807, 2.05) is 5.43 Å². The number of furan rings is 1. The lowest BCUT2D eigenvalue weighted by molar-refractivity contribution is -0.131. The topological polar surface area (TPSA) is 97.8 Å². The second kappa shape index (κ2) is 5.65. The molecule has 7 nitrogen and oxygen atoms in total. The highest BCUT2D eigenvalue weighted by atomic mass is 16.5. The highest BCUT2D eigenvalue weighted by Crippen LogP contribution is 2.14. The van der Waals surface area contributed by atoms with Crippen LogP contribution in [-0.2, 0) is 16.1 Å². The molecule has 0 aliphatic carbocycles. The number of hydrogen-bond donors (Lipinski definition) is 2. The van der Waals surface area contributed by atoms with Gasteiger partial charge in [0.2, 0.25) is 5.91 Å². The summed E-state index contributed by atoms with van der Waals surface area (Å²) in [5.41, 5.74) is 2.38. The Bertz CT molecular complexity index is 443. The van der Waals surface area contributed by atoms with E-state index in [2.05, 4.69) is 0 Å². The molecule has 2 heterocycles. The first-order chi connectivity index (χ1) is 8.72. The van der Waals surface area contributed by atoms with E-state index in [1.165, 1.54) is 12.3 Å². The quantitative estimate of drug-likeness (QED) is 0.435. The van der Waals surface area contributed by atoms with Crippen molar-refractivity contribution in [2.45, 2.75) is 13.0 Å². The van der Waals surface area contributed by atoms with Crippen LogP contribution in [0.5, 0.6) is 0 Å². The van der Waals surface area contributed by atoms with E-state index in [9.17, 15) is 9.59 Å². The standard InChI is InChI=1S/C11H15N3O4/c12-13-11(16)8-1-5-18-9(8)7-14-3-6-17-4-2-10(14)15/h1,5H,2-4,6-7,12H2,(H,13,16). The van der Waals surface area contributed by atoms with Crippen LogP contribution in [0.1, 0.15) is 22.5 Å². The molecule has 1 saturated heterocycles. The minimum absolute atomic E-state index is 0.0111. The fourth-order valence-electron chi connectivity index (χ4n) is 1.80. The molecule has 2 rings (SSSR count). The Morgan fingerprint density at radius 3 is 3.11 bits per heavy atom. The molecule has 0 aromatic carbocycles. The zero-order chi connectivity index (χ0) is 13.0. The first-order valence-corrected chi connectivity index (χ1v) is 5.65. The van der Waals surface area contributed by atoms with Crippen LogP contribution >= 0.6 is 0 Å². The summed E-state index contributed by atoms with van der Waals surface area (Å²) in [7, 11) is 0. The maximum absolute atomic E-state index is 11.8. The molecular formula is C11H15N3O4. The van der Waals surface area contributed by atoms with E-state index in [0.29, 0.717) is 37.5 Å². The van der Waals surface area contributed by atoms with Crippen molar-refractivity contribution in [2.75, 3.05) is 19.8 Å². The van der Waals surface area contributed by atoms with Crippen molar-refractivity contribution >= 4 is 11.8 Å². The van der Waals surface area contributed by atoms with Gasteiger partial charge in [0.25, 0.3) is 5.91 Å². The molecule has 18 heavy (non-hydrogen) atoms. The average Bonchev–Trinajstić information content (AvgIpc) is 2.74. The van der Waals surface area contributed by atoms with Gasteiger partial charge < -0.3 is 14.1 Å². The van der Waals surface area contributed by atoms with Gasteiger partial charge in [-0.05, 0) is 6.07 Å². The molecular weight excluding hydrogens is 238 g/mol. The number of nitrogens with two attached hydrogens (primary N) is 1. The van der Waals surface area contributed by atoms with Crippen LogP contribution in [0.15, 0.2) is 16.7 Å². The van der Waals surface area contributed by atoms with Crippen molar-refractivity contribution in [3.8, 4) is 0 Å². The zero-order valence-electron chi connectivity index (χ0n) is 9.85. The van der Waals surface area contributed by atoms with E-state index in [4.69, 9.17) is 15.0 Å². The molecule has 2 amide bonds. The van der Waals surface area contributed by atoms with Gasteiger partial charge in [-0.2, -0.15) is 0 Å². The third-order valence-corrected chi connectivity index (χ3v) is 2.77. The summed E-state index contributed by atoms with van der Waals surface area (Å²) in [6, 6.07) is 1.52. The minimum Gasteiger partial charge on any atom is -0.467 e. The van der Waals surface area contributed by atoms with Gasteiger partial charge in [-0.25, -0.2) is 5.84 Å². The number of carbonyl (C=O) groups excluding carboxylic acids is 2. The van der Waals surface area contributed by atoms with Crippen molar-refractivity contribution in [1.29, 1.82) is 0 Å². The smallest absolute Gasteiger partial charge is 0.268 e. The molecule has 1 aromatic rings. The summed E-state index contributed by atoms with van der Waals surface area (Å²) in [5.74, 6) is 5.06. The van der Waals surface area contributed by atoms with Crippen molar-refractivity contribution in [2.24, 2.45) is 5.84 Å². The van der Waals surface area contributed by atoms with E-state index in [1.54, 1.807) is 4.90 Å². The largest absolute Gasteiger partial charge is 0.467 e. The van der Waals surface area contributed by atoms with E-state index in [-0.39, 0.29) is 12.5 Å². The maximum Gasteiger partial charge on any atom is 0.268 e. The number of hydrazine groups is 1. The molecule has 1 aliphatic heterocycles. The van der Waals surface area contributed by atoms with Crippen molar-refractivity contribution in [3.05, 3.63) is 23.7 Å². The van der Waals surface area contributed by atoms with Crippen LogP contribution in [0.4, 0.5) is 0 Å². The Hall–Kier alpha value is -1.86.